The molecule has 0 aromatic heterocycles. The van der Waals surface area contributed by atoms with Crippen molar-refractivity contribution < 1.29 is 9.18 Å². The van der Waals surface area contributed by atoms with Crippen LogP contribution in [0.3, 0.4) is 0 Å². The molecule has 0 atom stereocenters. The fraction of sp³-hybridized carbons (Fsp3) is 0.0714. The van der Waals surface area contributed by atoms with Crippen molar-refractivity contribution in [2.75, 3.05) is 5.32 Å². The molecule has 0 heterocycles. The van der Waals surface area contributed by atoms with Gasteiger partial charge in [-0.15, -0.1) is 0 Å². The number of hydrogen-bond acceptors (Lipinski definition) is 1. The minimum absolute atomic E-state index is 0.00558. The van der Waals surface area contributed by atoms with E-state index in [0.29, 0.717) is 11.3 Å². The van der Waals surface area contributed by atoms with Crippen LogP contribution in [-0.2, 0) is 11.2 Å². The minimum atomic E-state index is -0.369. The SMILES string of the molecule is O=C(Cc1ccccc1F)Nc1cc(Br)ccc1Br. The van der Waals surface area contributed by atoms with Crippen LogP contribution in [0.25, 0.3) is 0 Å². The molecular formula is C14H10Br2FNO. The summed E-state index contributed by atoms with van der Waals surface area (Å²) in [6.45, 7) is 0. The van der Waals surface area contributed by atoms with Crippen LogP contribution in [0.4, 0.5) is 10.1 Å². The van der Waals surface area contributed by atoms with Crippen LogP contribution in [0, 0.1) is 5.82 Å². The molecule has 2 nitrogen and oxygen atoms in total. The fourth-order valence-corrected chi connectivity index (χ4v) is 2.31. The van der Waals surface area contributed by atoms with E-state index in [-0.39, 0.29) is 18.1 Å². The number of rotatable bonds is 3. The summed E-state index contributed by atoms with van der Waals surface area (Å²) >= 11 is 6.68. The average molecular weight is 387 g/mol. The Balaban J connectivity index is 2.10. The summed E-state index contributed by atoms with van der Waals surface area (Å²) in [7, 11) is 0. The van der Waals surface area contributed by atoms with Gasteiger partial charge in [-0.2, -0.15) is 0 Å². The molecule has 0 saturated carbocycles. The second-order valence-electron chi connectivity index (χ2n) is 3.94. The lowest BCUT2D eigenvalue weighted by Gasteiger charge is -2.08. The highest BCUT2D eigenvalue weighted by molar-refractivity contribution is 9.11. The predicted molar refractivity (Wildman–Crippen MR) is 80.6 cm³/mol. The first-order valence-corrected chi connectivity index (χ1v) is 7.13. The van der Waals surface area contributed by atoms with Crippen molar-refractivity contribution in [1.82, 2.24) is 0 Å². The molecule has 2 aromatic rings. The fourth-order valence-electron chi connectivity index (χ4n) is 1.60. The summed E-state index contributed by atoms with van der Waals surface area (Å²) in [6, 6.07) is 11.7. The summed E-state index contributed by atoms with van der Waals surface area (Å²) in [5.74, 6) is -0.630. The first kappa shape index (κ1) is 14.2. The number of amides is 1. The van der Waals surface area contributed by atoms with E-state index in [1.165, 1.54) is 6.07 Å². The van der Waals surface area contributed by atoms with Crippen LogP contribution in [-0.4, -0.2) is 5.91 Å². The maximum atomic E-state index is 13.4. The molecule has 5 heteroatoms. The normalized spacial score (nSPS) is 10.3. The van der Waals surface area contributed by atoms with Gasteiger partial charge in [0.2, 0.25) is 5.91 Å². The van der Waals surface area contributed by atoms with E-state index in [2.05, 4.69) is 37.2 Å². The number of carbonyl (C=O) groups excluding carboxylic acids is 1. The molecule has 2 aromatic carbocycles. The van der Waals surface area contributed by atoms with Crippen molar-refractivity contribution in [2.45, 2.75) is 6.42 Å². The lowest BCUT2D eigenvalue weighted by Crippen LogP contribution is -2.15. The van der Waals surface area contributed by atoms with Gasteiger partial charge in [0.25, 0.3) is 0 Å². The number of hydrogen-bond donors (Lipinski definition) is 1. The lowest BCUT2D eigenvalue weighted by molar-refractivity contribution is -0.115. The Morgan fingerprint density at radius 2 is 1.89 bits per heavy atom. The molecule has 0 aliphatic rings. The summed E-state index contributed by atoms with van der Waals surface area (Å²) in [6.07, 6.45) is 0.00558. The van der Waals surface area contributed by atoms with Gasteiger partial charge >= 0.3 is 0 Å². The zero-order valence-electron chi connectivity index (χ0n) is 9.79. The highest BCUT2D eigenvalue weighted by Crippen LogP contribution is 2.26. The molecule has 1 amide bonds. The summed E-state index contributed by atoms with van der Waals surface area (Å²) < 4.78 is 15.1. The Morgan fingerprint density at radius 3 is 2.63 bits per heavy atom. The van der Waals surface area contributed by atoms with Crippen molar-refractivity contribution >= 4 is 43.5 Å². The van der Waals surface area contributed by atoms with E-state index in [1.807, 2.05) is 12.1 Å². The van der Waals surface area contributed by atoms with Crippen LogP contribution >= 0.6 is 31.9 Å². The Labute approximate surface area is 127 Å². The van der Waals surface area contributed by atoms with E-state index >= 15 is 0 Å². The van der Waals surface area contributed by atoms with Crippen molar-refractivity contribution in [2.24, 2.45) is 0 Å². The van der Waals surface area contributed by atoms with Crippen LogP contribution in [0.5, 0.6) is 0 Å². The zero-order chi connectivity index (χ0) is 13.8. The number of benzene rings is 2. The molecule has 0 aliphatic carbocycles. The van der Waals surface area contributed by atoms with Gasteiger partial charge in [-0.05, 0) is 45.8 Å². The summed E-state index contributed by atoms with van der Waals surface area (Å²) in [5.41, 5.74) is 1.03. The second kappa shape index (κ2) is 6.30. The third-order valence-corrected chi connectivity index (χ3v) is 3.70. The molecule has 0 radical (unpaired) electrons. The van der Waals surface area contributed by atoms with E-state index in [4.69, 9.17) is 0 Å². The van der Waals surface area contributed by atoms with Crippen LogP contribution in [0.1, 0.15) is 5.56 Å². The van der Waals surface area contributed by atoms with Crippen LogP contribution < -0.4 is 5.32 Å². The standard InChI is InChI=1S/C14H10Br2FNO/c15-10-5-6-11(16)13(8-10)18-14(19)7-9-3-1-2-4-12(9)17/h1-6,8H,7H2,(H,18,19). The van der Waals surface area contributed by atoms with Gasteiger partial charge < -0.3 is 5.32 Å². The Bertz CT molecular complexity index is 616. The molecule has 0 spiro atoms. The highest BCUT2D eigenvalue weighted by atomic mass is 79.9. The minimum Gasteiger partial charge on any atom is -0.325 e. The maximum absolute atomic E-state index is 13.4. The van der Waals surface area contributed by atoms with E-state index in [1.54, 1.807) is 24.3 Å². The Hall–Kier alpha value is -1.20. The zero-order valence-corrected chi connectivity index (χ0v) is 13.0. The summed E-state index contributed by atoms with van der Waals surface area (Å²) in [5, 5.41) is 2.74. The molecule has 0 aliphatic heterocycles. The molecule has 0 unspecified atom stereocenters. The largest absolute Gasteiger partial charge is 0.325 e. The van der Waals surface area contributed by atoms with E-state index in [0.717, 1.165) is 8.95 Å². The molecule has 0 bridgehead atoms. The molecular weight excluding hydrogens is 377 g/mol. The van der Waals surface area contributed by atoms with Gasteiger partial charge in [-0.25, -0.2) is 4.39 Å². The molecule has 0 fully saturated rings. The van der Waals surface area contributed by atoms with Crippen molar-refractivity contribution in [3.63, 3.8) is 0 Å². The van der Waals surface area contributed by atoms with Gasteiger partial charge in [0.05, 0.1) is 12.1 Å². The summed E-state index contributed by atoms with van der Waals surface area (Å²) in [4.78, 5) is 11.9. The molecule has 0 saturated heterocycles. The van der Waals surface area contributed by atoms with Crippen LogP contribution in [0.15, 0.2) is 51.4 Å². The smallest absolute Gasteiger partial charge is 0.228 e. The third-order valence-electron chi connectivity index (χ3n) is 2.51. The third kappa shape index (κ3) is 3.88. The molecule has 2 rings (SSSR count). The van der Waals surface area contributed by atoms with Crippen molar-refractivity contribution in [1.29, 1.82) is 0 Å². The maximum Gasteiger partial charge on any atom is 0.228 e. The number of halogens is 3. The van der Waals surface area contributed by atoms with E-state index in [9.17, 15) is 9.18 Å². The van der Waals surface area contributed by atoms with Gasteiger partial charge in [-0.1, -0.05) is 34.1 Å². The van der Waals surface area contributed by atoms with E-state index < -0.39 is 0 Å². The predicted octanol–water partition coefficient (Wildman–Crippen LogP) is 4.53. The van der Waals surface area contributed by atoms with Gasteiger partial charge in [-0.3, -0.25) is 4.79 Å². The molecule has 1 N–H and O–H groups in total. The second-order valence-corrected chi connectivity index (χ2v) is 5.71. The first-order chi connectivity index (χ1) is 9.06. The Kier molecular flexibility index (Phi) is 4.71. The Morgan fingerprint density at radius 1 is 1.16 bits per heavy atom. The van der Waals surface area contributed by atoms with Gasteiger partial charge in [0.1, 0.15) is 5.82 Å². The number of anilines is 1. The molecule has 98 valence electrons. The topological polar surface area (TPSA) is 29.1 Å². The highest BCUT2D eigenvalue weighted by Gasteiger charge is 2.09. The number of carbonyl (C=O) groups is 1. The first-order valence-electron chi connectivity index (χ1n) is 5.54. The average Bonchev–Trinajstić information content (AvgIpc) is 2.37. The quantitative estimate of drug-likeness (QED) is 0.824. The lowest BCUT2D eigenvalue weighted by atomic mass is 10.1. The van der Waals surface area contributed by atoms with Crippen molar-refractivity contribution in [3.05, 3.63) is 62.8 Å². The van der Waals surface area contributed by atoms with Crippen molar-refractivity contribution in [3.8, 4) is 0 Å². The van der Waals surface area contributed by atoms with Gasteiger partial charge in [0.15, 0.2) is 0 Å². The monoisotopic (exact) mass is 385 g/mol. The molecule has 19 heavy (non-hydrogen) atoms. The number of nitrogens with one attached hydrogen (secondary N) is 1. The van der Waals surface area contributed by atoms with Gasteiger partial charge in [0, 0.05) is 8.95 Å². The van der Waals surface area contributed by atoms with Crippen LogP contribution in [0.2, 0.25) is 0 Å².